The quantitative estimate of drug-likeness (QED) is 0.857. The molecule has 1 aromatic rings. The van der Waals surface area contributed by atoms with Crippen LogP contribution in [0.3, 0.4) is 0 Å². The standard InChI is InChI=1S/C14H22N2O3/c1-8(2)16-10(4)6-12(11(16)5)13(17)15-7-9(3)14(18)19/h6,8-9H,7H2,1-5H3,(H,15,17)(H,18,19). The predicted octanol–water partition coefficient (Wildman–Crippen LogP) is 2.14. The van der Waals surface area contributed by atoms with Gasteiger partial charge in [0, 0.05) is 24.0 Å². The van der Waals surface area contributed by atoms with Gasteiger partial charge in [0.2, 0.25) is 0 Å². The normalized spacial score (nSPS) is 12.5. The molecule has 0 radical (unpaired) electrons. The number of carbonyl (C=O) groups excluding carboxylic acids is 1. The van der Waals surface area contributed by atoms with E-state index in [1.165, 1.54) is 0 Å². The molecular weight excluding hydrogens is 244 g/mol. The molecule has 0 aliphatic carbocycles. The molecule has 0 saturated carbocycles. The molecule has 19 heavy (non-hydrogen) atoms. The van der Waals surface area contributed by atoms with Crippen molar-refractivity contribution in [1.82, 2.24) is 9.88 Å². The largest absolute Gasteiger partial charge is 0.481 e. The van der Waals surface area contributed by atoms with Gasteiger partial charge >= 0.3 is 5.97 Å². The minimum Gasteiger partial charge on any atom is -0.481 e. The first-order chi connectivity index (χ1) is 8.75. The Morgan fingerprint density at radius 1 is 1.32 bits per heavy atom. The summed E-state index contributed by atoms with van der Waals surface area (Å²) < 4.78 is 2.09. The first-order valence-corrected chi connectivity index (χ1v) is 6.45. The van der Waals surface area contributed by atoms with Crippen molar-refractivity contribution in [2.24, 2.45) is 5.92 Å². The van der Waals surface area contributed by atoms with Crippen LogP contribution < -0.4 is 5.32 Å². The van der Waals surface area contributed by atoms with Crippen molar-refractivity contribution in [2.45, 2.75) is 40.7 Å². The number of aromatic nitrogens is 1. The van der Waals surface area contributed by atoms with E-state index in [0.29, 0.717) is 11.6 Å². The van der Waals surface area contributed by atoms with Crippen LogP contribution in [0.1, 0.15) is 48.6 Å². The van der Waals surface area contributed by atoms with Gasteiger partial charge in [-0.1, -0.05) is 6.92 Å². The summed E-state index contributed by atoms with van der Waals surface area (Å²) in [6.07, 6.45) is 0. The second-order valence-electron chi connectivity index (χ2n) is 5.20. The average molecular weight is 266 g/mol. The Morgan fingerprint density at radius 2 is 1.89 bits per heavy atom. The number of hydrogen-bond donors (Lipinski definition) is 2. The molecular formula is C14H22N2O3. The van der Waals surface area contributed by atoms with Gasteiger partial charge in [0.05, 0.1) is 11.5 Å². The lowest BCUT2D eigenvalue weighted by Crippen LogP contribution is -2.31. The smallest absolute Gasteiger partial charge is 0.308 e. The summed E-state index contributed by atoms with van der Waals surface area (Å²) in [5.74, 6) is -1.71. The minimum atomic E-state index is -0.909. The Balaban J connectivity index is 2.84. The highest BCUT2D eigenvalue weighted by molar-refractivity contribution is 5.95. The van der Waals surface area contributed by atoms with E-state index < -0.39 is 11.9 Å². The molecule has 1 unspecified atom stereocenters. The third-order valence-corrected chi connectivity index (χ3v) is 3.24. The molecule has 0 bridgehead atoms. The molecule has 2 N–H and O–H groups in total. The third kappa shape index (κ3) is 3.36. The first-order valence-electron chi connectivity index (χ1n) is 6.45. The lowest BCUT2D eigenvalue weighted by Gasteiger charge is -2.14. The number of rotatable bonds is 5. The Hall–Kier alpha value is -1.78. The summed E-state index contributed by atoms with van der Waals surface area (Å²) in [5.41, 5.74) is 2.56. The van der Waals surface area contributed by atoms with Crippen molar-refractivity contribution in [1.29, 1.82) is 0 Å². The maximum Gasteiger partial charge on any atom is 0.308 e. The van der Waals surface area contributed by atoms with Crippen LogP contribution in [0.25, 0.3) is 0 Å². The van der Waals surface area contributed by atoms with E-state index in [4.69, 9.17) is 5.11 Å². The minimum absolute atomic E-state index is 0.138. The van der Waals surface area contributed by atoms with E-state index in [1.807, 2.05) is 19.9 Å². The van der Waals surface area contributed by atoms with Gasteiger partial charge in [-0.3, -0.25) is 9.59 Å². The van der Waals surface area contributed by atoms with Gasteiger partial charge in [0.15, 0.2) is 0 Å². The lowest BCUT2D eigenvalue weighted by atomic mass is 10.1. The van der Waals surface area contributed by atoms with Crippen LogP contribution in [-0.2, 0) is 4.79 Å². The Kier molecular flexibility index (Phi) is 4.75. The number of carboxylic acid groups (broad SMARTS) is 1. The number of carbonyl (C=O) groups is 2. The second-order valence-corrected chi connectivity index (χ2v) is 5.20. The average Bonchev–Trinajstić information content (AvgIpc) is 2.60. The number of aliphatic carboxylic acids is 1. The van der Waals surface area contributed by atoms with Crippen molar-refractivity contribution >= 4 is 11.9 Å². The number of aryl methyl sites for hydroxylation is 1. The van der Waals surface area contributed by atoms with Crippen molar-refractivity contribution < 1.29 is 14.7 Å². The van der Waals surface area contributed by atoms with E-state index in [1.54, 1.807) is 6.92 Å². The number of hydrogen-bond acceptors (Lipinski definition) is 2. The molecule has 0 saturated heterocycles. The lowest BCUT2D eigenvalue weighted by molar-refractivity contribution is -0.140. The van der Waals surface area contributed by atoms with E-state index in [9.17, 15) is 9.59 Å². The highest BCUT2D eigenvalue weighted by Gasteiger charge is 2.18. The Bertz CT molecular complexity index is 489. The molecule has 0 fully saturated rings. The van der Waals surface area contributed by atoms with Crippen LogP contribution in [0.15, 0.2) is 6.07 Å². The summed E-state index contributed by atoms with van der Waals surface area (Å²) in [4.78, 5) is 22.8. The SMILES string of the molecule is Cc1cc(C(=O)NCC(C)C(=O)O)c(C)n1C(C)C. The summed E-state index contributed by atoms with van der Waals surface area (Å²) in [6.45, 7) is 9.70. The Morgan fingerprint density at radius 3 is 2.32 bits per heavy atom. The highest BCUT2D eigenvalue weighted by Crippen LogP contribution is 2.19. The zero-order valence-electron chi connectivity index (χ0n) is 12.2. The molecule has 0 spiro atoms. The van der Waals surface area contributed by atoms with Crippen molar-refractivity contribution in [3.63, 3.8) is 0 Å². The van der Waals surface area contributed by atoms with Gasteiger partial charge in [-0.2, -0.15) is 0 Å². The summed E-state index contributed by atoms with van der Waals surface area (Å²) >= 11 is 0. The van der Waals surface area contributed by atoms with Crippen molar-refractivity contribution in [3.05, 3.63) is 23.0 Å². The van der Waals surface area contributed by atoms with Crippen molar-refractivity contribution in [2.75, 3.05) is 6.54 Å². The molecule has 1 atom stereocenters. The number of nitrogens with zero attached hydrogens (tertiary/aromatic N) is 1. The van der Waals surface area contributed by atoms with Gasteiger partial charge in [0.25, 0.3) is 5.91 Å². The fourth-order valence-electron chi connectivity index (χ4n) is 2.23. The predicted molar refractivity (Wildman–Crippen MR) is 73.4 cm³/mol. The van der Waals surface area contributed by atoms with Crippen LogP contribution in [0.4, 0.5) is 0 Å². The molecule has 1 aromatic heterocycles. The molecule has 5 nitrogen and oxygen atoms in total. The molecule has 0 aliphatic rings. The van der Waals surface area contributed by atoms with Gasteiger partial charge in [-0.15, -0.1) is 0 Å². The molecule has 106 valence electrons. The zero-order chi connectivity index (χ0) is 14.7. The van der Waals surface area contributed by atoms with Crippen LogP contribution in [0.2, 0.25) is 0 Å². The third-order valence-electron chi connectivity index (χ3n) is 3.24. The zero-order valence-corrected chi connectivity index (χ0v) is 12.2. The van der Waals surface area contributed by atoms with E-state index in [0.717, 1.165) is 11.4 Å². The van der Waals surface area contributed by atoms with Gasteiger partial charge in [-0.05, 0) is 33.8 Å². The van der Waals surface area contributed by atoms with E-state index in [-0.39, 0.29) is 12.5 Å². The monoisotopic (exact) mass is 266 g/mol. The van der Waals surface area contributed by atoms with Crippen LogP contribution in [0, 0.1) is 19.8 Å². The second kappa shape index (κ2) is 5.91. The molecule has 0 aliphatic heterocycles. The molecule has 1 rings (SSSR count). The fraction of sp³-hybridized carbons (Fsp3) is 0.571. The highest BCUT2D eigenvalue weighted by atomic mass is 16.4. The maximum atomic E-state index is 12.1. The van der Waals surface area contributed by atoms with E-state index in [2.05, 4.69) is 23.7 Å². The summed E-state index contributed by atoms with van der Waals surface area (Å²) in [6, 6.07) is 2.13. The fourth-order valence-corrected chi connectivity index (χ4v) is 2.23. The first kappa shape index (κ1) is 15.3. The van der Waals surface area contributed by atoms with Crippen molar-refractivity contribution in [3.8, 4) is 0 Å². The van der Waals surface area contributed by atoms with Gasteiger partial charge < -0.3 is 15.0 Å². The van der Waals surface area contributed by atoms with Gasteiger partial charge in [-0.25, -0.2) is 0 Å². The topological polar surface area (TPSA) is 71.3 Å². The van der Waals surface area contributed by atoms with Gasteiger partial charge in [0.1, 0.15) is 0 Å². The maximum absolute atomic E-state index is 12.1. The molecule has 1 amide bonds. The molecule has 0 aromatic carbocycles. The summed E-state index contributed by atoms with van der Waals surface area (Å²) in [5, 5.41) is 11.5. The van der Waals surface area contributed by atoms with Crippen LogP contribution >= 0.6 is 0 Å². The molecule has 5 heteroatoms. The molecule has 1 heterocycles. The van der Waals surface area contributed by atoms with E-state index >= 15 is 0 Å². The summed E-state index contributed by atoms with van der Waals surface area (Å²) in [7, 11) is 0. The van der Waals surface area contributed by atoms with Crippen LogP contribution in [0.5, 0.6) is 0 Å². The Labute approximate surface area is 113 Å². The number of amides is 1. The number of nitrogens with one attached hydrogen (secondary N) is 1. The van der Waals surface area contributed by atoms with Crippen LogP contribution in [-0.4, -0.2) is 28.1 Å². The number of carboxylic acids is 1.